The maximum absolute atomic E-state index is 12.7. The van der Waals surface area contributed by atoms with Crippen LogP contribution in [0.4, 0.5) is 5.69 Å². The Morgan fingerprint density at radius 3 is 2.52 bits per heavy atom. The van der Waals surface area contributed by atoms with Gasteiger partial charge in [0, 0.05) is 42.5 Å². The van der Waals surface area contributed by atoms with Crippen LogP contribution in [-0.4, -0.2) is 59.0 Å². The zero-order valence-corrected chi connectivity index (χ0v) is 18.0. The van der Waals surface area contributed by atoms with E-state index in [4.69, 9.17) is 16.1 Å². The first-order valence-electron chi connectivity index (χ1n) is 9.77. The molecule has 2 aromatic rings. The number of carbonyl (C=O) groups is 2. The highest BCUT2D eigenvalue weighted by atomic mass is 35.5. The number of nitrogens with one attached hydrogen (secondary N) is 1. The normalized spacial score (nSPS) is 16.0. The summed E-state index contributed by atoms with van der Waals surface area (Å²) in [6, 6.07) is 5.17. The van der Waals surface area contributed by atoms with Crippen molar-refractivity contribution in [2.75, 3.05) is 31.5 Å². The van der Waals surface area contributed by atoms with Crippen molar-refractivity contribution >= 4 is 29.1 Å². The molecule has 0 aliphatic carbocycles. The van der Waals surface area contributed by atoms with Crippen LogP contribution in [0.5, 0.6) is 0 Å². The molecule has 7 nitrogen and oxygen atoms in total. The fourth-order valence-corrected chi connectivity index (χ4v) is 3.70. The van der Waals surface area contributed by atoms with Crippen LogP contribution in [-0.2, 0) is 16.0 Å². The highest BCUT2D eigenvalue weighted by Gasteiger charge is 2.28. The van der Waals surface area contributed by atoms with Crippen molar-refractivity contribution in [3.63, 3.8) is 0 Å². The smallest absolute Gasteiger partial charge is 0.241 e. The minimum atomic E-state index is -0.298. The van der Waals surface area contributed by atoms with E-state index in [1.165, 1.54) is 0 Å². The zero-order chi connectivity index (χ0) is 21.1. The number of aromatic nitrogens is 1. The van der Waals surface area contributed by atoms with Gasteiger partial charge in [-0.1, -0.05) is 22.8 Å². The Labute approximate surface area is 176 Å². The maximum Gasteiger partial charge on any atom is 0.241 e. The Morgan fingerprint density at radius 2 is 1.90 bits per heavy atom. The van der Waals surface area contributed by atoms with Crippen LogP contribution in [0.25, 0.3) is 0 Å². The number of carbonyl (C=O) groups excluding carboxylic acids is 2. The number of amides is 2. The van der Waals surface area contributed by atoms with Crippen LogP contribution in [0.3, 0.4) is 0 Å². The molecule has 1 atom stereocenters. The summed E-state index contributed by atoms with van der Waals surface area (Å²) in [5.41, 5.74) is 3.20. The average molecular weight is 419 g/mol. The molecule has 2 heterocycles. The van der Waals surface area contributed by atoms with Gasteiger partial charge in [-0.05, 0) is 45.4 Å². The molecule has 3 rings (SSSR count). The molecule has 1 aromatic carbocycles. The molecule has 0 bridgehead atoms. The third-order valence-corrected chi connectivity index (χ3v) is 6.04. The first kappa shape index (κ1) is 21.3. The second kappa shape index (κ2) is 8.97. The largest absolute Gasteiger partial charge is 0.361 e. The molecule has 1 unspecified atom stereocenters. The lowest BCUT2D eigenvalue weighted by Crippen LogP contribution is -2.54. The highest BCUT2D eigenvalue weighted by molar-refractivity contribution is 6.31. The van der Waals surface area contributed by atoms with Crippen LogP contribution in [0.2, 0.25) is 5.02 Å². The molecule has 1 aliphatic heterocycles. The number of benzene rings is 1. The van der Waals surface area contributed by atoms with Crippen LogP contribution >= 0.6 is 11.6 Å². The molecule has 1 N–H and O–H groups in total. The van der Waals surface area contributed by atoms with E-state index in [-0.39, 0.29) is 17.9 Å². The lowest BCUT2D eigenvalue weighted by Gasteiger charge is -2.37. The standard InChI is InChI=1S/C21H27ClN4O3/c1-13-18(22)6-5-7-19(13)23-21(28)15(3)25-8-10-26(11-9-25)20(27)12-17-14(2)24-29-16(17)4/h5-7,15H,8-12H2,1-4H3,(H,23,28). The fourth-order valence-electron chi connectivity index (χ4n) is 3.52. The van der Waals surface area contributed by atoms with Crippen LogP contribution in [0.1, 0.15) is 29.5 Å². The van der Waals surface area contributed by atoms with Crippen molar-refractivity contribution < 1.29 is 14.1 Å². The second-order valence-electron chi connectivity index (χ2n) is 7.47. The summed E-state index contributed by atoms with van der Waals surface area (Å²) < 4.78 is 5.14. The molecule has 1 aromatic heterocycles. The van der Waals surface area contributed by atoms with Gasteiger partial charge in [-0.15, -0.1) is 0 Å². The van der Waals surface area contributed by atoms with Crippen LogP contribution < -0.4 is 5.32 Å². The zero-order valence-electron chi connectivity index (χ0n) is 17.3. The van der Waals surface area contributed by atoms with Crippen molar-refractivity contribution in [1.29, 1.82) is 0 Å². The number of rotatable bonds is 5. The van der Waals surface area contributed by atoms with Crippen molar-refractivity contribution in [2.45, 2.75) is 40.2 Å². The minimum Gasteiger partial charge on any atom is -0.361 e. The number of nitrogens with zero attached hydrogens (tertiary/aromatic N) is 3. The Kier molecular flexibility index (Phi) is 6.59. The lowest BCUT2D eigenvalue weighted by molar-refractivity contribution is -0.133. The summed E-state index contributed by atoms with van der Waals surface area (Å²) in [6.45, 7) is 9.92. The van der Waals surface area contributed by atoms with Crippen LogP contribution in [0.15, 0.2) is 22.7 Å². The van der Waals surface area contributed by atoms with Crippen molar-refractivity contribution in [3.05, 3.63) is 45.8 Å². The summed E-state index contributed by atoms with van der Waals surface area (Å²) >= 11 is 6.13. The first-order chi connectivity index (χ1) is 13.8. The molecule has 1 aliphatic rings. The molecule has 0 radical (unpaired) electrons. The van der Waals surface area contributed by atoms with E-state index in [0.29, 0.717) is 43.4 Å². The van der Waals surface area contributed by atoms with Gasteiger partial charge in [0.15, 0.2) is 0 Å². The molecule has 0 saturated carbocycles. The number of halogens is 1. The first-order valence-corrected chi connectivity index (χ1v) is 10.1. The van der Waals surface area contributed by atoms with E-state index >= 15 is 0 Å². The van der Waals surface area contributed by atoms with E-state index in [1.54, 1.807) is 6.07 Å². The van der Waals surface area contributed by atoms with Gasteiger partial charge in [0.05, 0.1) is 18.2 Å². The van der Waals surface area contributed by atoms with Gasteiger partial charge >= 0.3 is 0 Å². The quantitative estimate of drug-likeness (QED) is 0.807. The topological polar surface area (TPSA) is 78.7 Å². The summed E-state index contributed by atoms with van der Waals surface area (Å²) in [4.78, 5) is 29.3. The number of hydrogen-bond acceptors (Lipinski definition) is 5. The summed E-state index contributed by atoms with van der Waals surface area (Å²) in [6.07, 6.45) is 0.297. The SMILES string of the molecule is Cc1noc(C)c1CC(=O)N1CCN(C(C)C(=O)Nc2cccc(Cl)c2C)CC1. The summed E-state index contributed by atoms with van der Waals surface area (Å²) in [5.74, 6) is 0.674. The Hall–Kier alpha value is -2.38. The molecule has 29 heavy (non-hydrogen) atoms. The molecule has 1 saturated heterocycles. The van der Waals surface area contributed by atoms with Crippen molar-refractivity contribution in [1.82, 2.24) is 15.0 Å². The van der Waals surface area contributed by atoms with E-state index < -0.39 is 0 Å². The van der Waals surface area contributed by atoms with Gasteiger partial charge in [-0.2, -0.15) is 0 Å². The van der Waals surface area contributed by atoms with Gasteiger partial charge in [0.2, 0.25) is 11.8 Å². The van der Waals surface area contributed by atoms with E-state index in [2.05, 4.69) is 15.4 Å². The minimum absolute atomic E-state index is 0.0608. The van der Waals surface area contributed by atoms with Gasteiger partial charge in [0.1, 0.15) is 5.76 Å². The third-order valence-electron chi connectivity index (χ3n) is 5.63. The fraction of sp³-hybridized carbons (Fsp3) is 0.476. The van der Waals surface area contributed by atoms with E-state index in [0.717, 1.165) is 22.5 Å². The van der Waals surface area contributed by atoms with Gasteiger partial charge in [-0.25, -0.2) is 0 Å². The number of hydrogen-bond donors (Lipinski definition) is 1. The average Bonchev–Trinajstić information content (AvgIpc) is 3.03. The number of anilines is 1. The monoisotopic (exact) mass is 418 g/mol. The number of aryl methyl sites for hydroxylation is 2. The van der Waals surface area contributed by atoms with Gasteiger partial charge < -0.3 is 14.7 Å². The molecule has 156 valence electrons. The molecule has 2 amide bonds. The Bertz CT molecular complexity index is 884. The predicted octanol–water partition coefficient (Wildman–Crippen LogP) is 2.97. The van der Waals surface area contributed by atoms with E-state index in [1.807, 2.05) is 44.7 Å². The van der Waals surface area contributed by atoms with E-state index in [9.17, 15) is 9.59 Å². The predicted molar refractivity (Wildman–Crippen MR) is 112 cm³/mol. The third kappa shape index (κ3) is 4.79. The molecular weight excluding hydrogens is 392 g/mol. The Morgan fingerprint density at radius 1 is 1.21 bits per heavy atom. The van der Waals surface area contributed by atoms with Gasteiger partial charge in [-0.3, -0.25) is 14.5 Å². The lowest BCUT2D eigenvalue weighted by atomic mass is 10.1. The van der Waals surface area contributed by atoms with Crippen molar-refractivity contribution in [2.24, 2.45) is 0 Å². The summed E-state index contributed by atoms with van der Waals surface area (Å²) in [7, 11) is 0. The van der Waals surface area contributed by atoms with Crippen molar-refractivity contribution in [3.8, 4) is 0 Å². The van der Waals surface area contributed by atoms with Crippen LogP contribution in [0, 0.1) is 20.8 Å². The maximum atomic E-state index is 12.7. The molecule has 8 heteroatoms. The Balaban J connectivity index is 1.53. The second-order valence-corrected chi connectivity index (χ2v) is 7.88. The molecule has 0 spiro atoms. The molecule has 1 fully saturated rings. The highest BCUT2D eigenvalue weighted by Crippen LogP contribution is 2.23. The summed E-state index contributed by atoms with van der Waals surface area (Å²) in [5, 5.41) is 7.50. The number of piperazine rings is 1. The van der Waals surface area contributed by atoms with Gasteiger partial charge in [0.25, 0.3) is 0 Å². The molecular formula is C21H27ClN4O3.